The molecule has 0 saturated heterocycles. The van der Waals surface area contributed by atoms with Crippen molar-refractivity contribution in [2.24, 2.45) is 0 Å². The van der Waals surface area contributed by atoms with E-state index in [1.165, 1.54) is 25.3 Å². The van der Waals surface area contributed by atoms with Crippen molar-refractivity contribution in [1.82, 2.24) is 5.32 Å². The van der Waals surface area contributed by atoms with Crippen LogP contribution in [0.1, 0.15) is 38.2 Å². The van der Waals surface area contributed by atoms with Crippen molar-refractivity contribution in [2.45, 2.75) is 32.6 Å². The highest BCUT2D eigenvalue weighted by Crippen LogP contribution is 2.16. The predicted molar refractivity (Wildman–Crippen MR) is 116 cm³/mol. The second-order valence-corrected chi connectivity index (χ2v) is 6.53. The van der Waals surface area contributed by atoms with Gasteiger partial charge in [0.15, 0.2) is 5.11 Å². The number of benzene rings is 2. The Morgan fingerprint density at radius 1 is 1.04 bits per heavy atom. The molecule has 0 saturated carbocycles. The van der Waals surface area contributed by atoms with Gasteiger partial charge in [-0.15, -0.1) is 0 Å². The lowest BCUT2D eigenvalue weighted by molar-refractivity contribution is -0.115. The number of rotatable bonds is 9. The second kappa shape index (κ2) is 11.9. The summed E-state index contributed by atoms with van der Waals surface area (Å²) in [5, 5.41) is 5.88. The summed E-state index contributed by atoms with van der Waals surface area (Å²) < 4.78 is 5.71. The van der Waals surface area contributed by atoms with Crippen LogP contribution in [0.3, 0.4) is 0 Å². The molecule has 0 spiro atoms. The Labute approximate surface area is 166 Å². The minimum Gasteiger partial charge on any atom is -0.494 e. The average molecular weight is 383 g/mol. The zero-order valence-corrected chi connectivity index (χ0v) is 16.4. The molecule has 142 valence electrons. The second-order valence-electron chi connectivity index (χ2n) is 6.12. The largest absolute Gasteiger partial charge is 0.494 e. The number of hydrogen-bond donors (Lipinski definition) is 2. The van der Waals surface area contributed by atoms with Crippen molar-refractivity contribution in [3.8, 4) is 5.75 Å². The fourth-order valence-electron chi connectivity index (χ4n) is 2.41. The first kappa shape index (κ1) is 20.6. The third kappa shape index (κ3) is 8.51. The molecule has 0 atom stereocenters. The van der Waals surface area contributed by atoms with Gasteiger partial charge in [0.05, 0.1) is 6.61 Å². The molecule has 0 bridgehead atoms. The van der Waals surface area contributed by atoms with Crippen LogP contribution in [0, 0.1) is 0 Å². The number of carbonyl (C=O) groups excluding carboxylic acids is 1. The molecule has 1 amide bonds. The average Bonchev–Trinajstić information content (AvgIpc) is 2.68. The Bertz CT molecular complexity index is 743. The summed E-state index contributed by atoms with van der Waals surface area (Å²) in [5.74, 6) is 0.557. The van der Waals surface area contributed by atoms with Crippen LogP contribution in [0.5, 0.6) is 5.75 Å². The molecule has 0 aromatic heterocycles. The molecule has 0 unspecified atom stereocenters. The minimum atomic E-state index is -0.275. The Balaban J connectivity index is 1.73. The van der Waals surface area contributed by atoms with E-state index in [2.05, 4.69) is 17.6 Å². The van der Waals surface area contributed by atoms with Gasteiger partial charge in [-0.1, -0.05) is 56.5 Å². The number of amides is 1. The molecular formula is C22H26N2O2S. The van der Waals surface area contributed by atoms with Gasteiger partial charge >= 0.3 is 0 Å². The topological polar surface area (TPSA) is 50.4 Å². The number of ether oxygens (including phenoxy) is 1. The lowest BCUT2D eigenvalue weighted by Crippen LogP contribution is -2.32. The molecule has 2 aromatic rings. The van der Waals surface area contributed by atoms with E-state index in [0.717, 1.165) is 30.0 Å². The number of unbranched alkanes of at least 4 members (excludes halogenated alkanes) is 3. The van der Waals surface area contributed by atoms with E-state index in [-0.39, 0.29) is 11.0 Å². The molecule has 0 radical (unpaired) electrons. The summed E-state index contributed by atoms with van der Waals surface area (Å²) in [5.41, 5.74) is 1.75. The van der Waals surface area contributed by atoms with Gasteiger partial charge in [-0.25, -0.2) is 0 Å². The monoisotopic (exact) mass is 382 g/mol. The molecule has 2 aromatic carbocycles. The van der Waals surface area contributed by atoms with E-state index in [4.69, 9.17) is 17.0 Å². The van der Waals surface area contributed by atoms with Crippen LogP contribution in [0.4, 0.5) is 5.69 Å². The first-order valence-corrected chi connectivity index (χ1v) is 9.66. The highest BCUT2D eigenvalue weighted by atomic mass is 32.1. The Morgan fingerprint density at radius 2 is 1.78 bits per heavy atom. The van der Waals surface area contributed by atoms with Crippen molar-refractivity contribution >= 4 is 35.0 Å². The smallest absolute Gasteiger partial charge is 0.250 e. The Morgan fingerprint density at radius 3 is 2.48 bits per heavy atom. The van der Waals surface area contributed by atoms with Crippen LogP contribution >= 0.6 is 12.2 Å². The summed E-state index contributed by atoms with van der Waals surface area (Å²) >= 11 is 5.18. The van der Waals surface area contributed by atoms with Crippen LogP contribution in [-0.4, -0.2) is 17.6 Å². The number of hydrogen-bond acceptors (Lipinski definition) is 3. The number of nitrogens with one attached hydrogen (secondary N) is 2. The number of thiocarbonyl (C=S) groups is 1. The van der Waals surface area contributed by atoms with E-state index in [9.17, 15) is 4.79 Å². The highest BCUT2D eigenvalue weighted by Gasteiger charge is 2.02. The predicted octanol–water partition coefficient (Wildman–Crippen LogP) is 5.17. The van der Waals surface area contributed by atoms with Crippen LogP contribution in [0.25, 0.3) is 6.08 Å². The van der Waals surface area contributed by atoms with E-state index >= 15 is 0 Å². The zero-order valence-electron chi connectivity index (χ0n) is 15.6. The molecule has 2 rings (SSSR count). The summed E-state index contributed by atoms with van der Waals surface area (Å²) in [4.78, 5) is 11.9. The van der Waals surface area contributed by atoms with Gasteiger partial charge < -0.3 is 10.1 Å². The van der Waals surface area contributed by atoms with Crippen LogP contribution in [-0.2, 0) is 4.79 Å². The van der Waals surface area contributed by atoms with Gasteiger partial charge in [-0.05, 0) is 54.5 Å². The molecule has 2 N–H and O–H groups in total. The lowest BCUT2D eigenvalue weighted by atomic mass is 10.2. The molecule has 5 heteroatoms. The summed E-state index contributed by atoms with van der Waals surface area (Å²) in [6.07, 6.45) is 7.93. The minimum absolute atomic E-state index is 0.256. The summed E-state index contributed by atoms with van der Waals surface area (Å²) in [6.45, 7) is 2.92. The van der Waals surface area contributed by atoms with E-state index in [1.807, 2.05) is 54.6 Å². The number of anilines is 1. The van der Waals surface area contributed by atoms with Crippen molar-refractivity contribution < 1.29 is 9.53 Å². The Kier molecular flexibility index (Phi) is 9.07. The number of carbonyl (C=O) groups is 1. The third-order valence-corrected chi connectivity index (χ3v) is 4.05. The van der Waals surface area contributed by atoms with Crippen molar-refractivity contribution in [3.63, 3.8) is 0 Å². The zero-order chi connectivity index (χ0) is 19.3. The van der Waals surface area contributed by atoms with E-state index in [1.54, 1.807) is 6.08 Å². The maximum atomic E-state index is 11.9. The molecule has 0 fully saturated rings. The SMILES string of the molecule is CCCCCCOc1ccc(NC(=S)NC(=O)C=Cc2ccccc2)cc1. The lowest BCUT2D eigenvalue weighted by Gasteiger charge is -2.10. The van der Waals surface area contributed by atoms with Gasteiger partial charge in [-0.3, -0.25) is 10.1 Å². The standard InChI is InChI=1S/C22H26N2O2S/c1-2-3-4-8-17-26-20-14-12-19(13-15-20)23-22(27)24-21(25)16-11-18-9-6-5-7-10-18/h5-7,9-16H,2-4,8,17H2,1H3,(H2,23,24,25,27). The van der Waals surface area contributed by atoms with Gasteiger partial charge in [-0.2, -0.15) is 0 Å². The van der Waals surface area contributed by atoms with Crippen molar-refractivity contribution in [2.75, 3.05) is 11.9 Å². The van der Waals surface area contributed by atoms with Crippen LogP contribution < -0.4 is 15.4 Å². The maximum Gasteiger partial charge on any atom is 0.250 e. The molecule has 4 nitrogen and oxygen atoms in total. The van der Waals surface area contributed by atoms with E-state index < -0.39 is 0 Å². The van der Waals surface area contributed by atoms with Crippen molar-refractivity contribution in [3.05, 3.63) is 66.2 Å². The van der Waals surface area contributed by atoms with Crippen LogP contribution in [0.2, 0.25) is 0 Å². The molecule has 0 heterocycles. The van der Waals surface area contributed by atoms with Gasteiger partial charge in [0.1, 0.15) is 5.75 Å². The Hall–Kier alpha value is -2.66. The molecular weight excluding hydrogens is 356 g/mol. The van der Waals surface area contributed by atoms with Gasteiger partial charge in [0, 0.05) is 11.8 Å². The molecule has 27 heavy (non-hydrogen) atoms. The quantitative estimate of drug-likeness (QED) is 0.357. The maximum absolute atomic E-state index is 11.9. The first-order valence-electron chi connectivity index (χ1n) is 9.25. The summed E-state index contributed by atoms with van der Waals surface area (Å²) in [7, 11) is 0. The first-order chi connectivity index (χ1) is 13.2. The molecule has 0 aliphatic carbocycles. The van der Waals surface area contributed by atoms with Crippen LogP contribution in [0.15, 0.2) is 60.7 Å². The van der Waals surface area contributed by atoms with Gasteiger partial charge in [0.25, 0.3) is 0 Å². The van der Waals surface area contributed by atoms with Crippen molar-refractivity contribution in [1.29, 1.82) is 0 Å². The molecule has 0 aliphatic rings. The fraction of sp³-hybridized carbons (Fsp3) is 0.273. The summed E-state index contributed by atoms with van der Waals surface area (Å²) in [6, 6.07) is 17.1. The third-order valence-electron chi connectivity index (χ3n) is 3.84. The highest BCUT2D eigenvalue weighted by molar-refractivity contribution is 7.80. The molecule has 0 aliphatic heterocycles. The normalized spacial score (nSPS) is 10.6. The fourth-order valence-corrected chi connectivity index (χ4v) is 2.62. The van der Waals surface area contributed by atoms with E-state index in [0.29, 0.717) is 0 Å². The van der Waals surface area contributed by atoms with Gasteiger partial charge in [0.2, 0.25) is 5.91 Å².